The molecule has 122 valence electrons. The lowest BCUT2D eigenvalue weighted by molar-refractivity contribution is -0.122. The van der Waals surface area contributed by atoms with Gasteiger partial charge in [0.15, 0.2) is 0 Å². The van der Waals surface area contributed by atoms with Gasteiger partial charge in [-0.25, -0.2) is 4.39 Å². The maximum absolute atomic E-state index is 13.1. The largest absolute Gasteiger partial charge is 0.355 e. The fourth-order valence-electron chi connectivity index (χ4n) is 1.73. The fourth-order valence-corrected chi connectivity index (χ4v) is 1.89. The van der Waals surface area contributed by atoms with Crippen LogP contribution in [0.1, 0.15) is 32.8 Å². The quantitative estimate of drug-likeness (QED) is 0.778. The number of halogens is 2. The molecule has 1 aromatic rings. The molecule has 0 radical (unpaired) electrons. The predicted octanol–water partition coefficient (Wildman–Crippen LogP) is 3.39. The van der Waals surface area contributed by atoms with Crippen molar-refractivity contribution in [2.45, 2.75) is 38.9 Å². The van der Waals surface area contributed by atoms with E-state index in [0.29, 0.717) is 11.3 Å². The standard InChI is InChI=1S/C16H22BrFN2O2/c1-10-9-11(5-6-12(10)18)20-13(21)7-8-19-15(22)14(17)16(2,3)4/h5-6,9,14H,7-8H2,1-4H3,(H,19,22)(H,20,21). The van der Waals surface area contributed by atoms with Gasteiger partial charge in [0.1, 0.15) is 5.82 Å². The normalized spacial score (nSPS) is 12.6. The van der Waals surface area contributed by atoms with Gasteiger partial charge in [-0.05, 0) is 36.1 Å². The van der Waals surface area contributed by atoms with Gasteiger partial charge in [-0.2, -0.15) is 0 Å². The first-order chi connectivity index (χ1) is 10.1. The van der Waals surface area contributed by atoms with Crippen LogP contribution in [0, 0.1) is 18.2 Å². The molecule has 22 heavy (non-hydrogen) atoms. The van der Waals surface area contributed by atoms with Gasteiger partial charge in [0.25, 0.3) is 0 Å². The first-order valence-corrected chi connectivity index (χ1v) is 8.00. The molecule has 0 spiro atoms. The van der Waals surface area contributed by atoms with Gasteiger partial charge in [-0.1, -0.05) is 36.7 Å². The summed E-state index contributed by atoms with van der Waals surface area (Å²) in [5.41, 5.74) is 0.819. The second-order valence-corrected chi connectivity index (χ2v) is 7.20. The Bertz CT molecular complexity index is 556. The highest BCUT2D eigenvalue weighted by atomic mass is 79.9. The minimum atomic E-state index is -0.317. The van der Waals surface area contributed by atoms with E-state index in [1.807, 2.05) is 20.8 Å². The molecule has 0 aliphatic carbocycles. The SMILES string of the molecule is Cc1cc(NC(=O)CCNC(=O)C(Br)C(C)(C)C)ccc1F. The molecule has 4 nitrogen and oxygen atoms in total. The van der Waals surface area contributed by atoms with Gasteiger partial charge in [0.2, 0.25) is 11.8 Å². The van der Waals surface area contributed by atoms with Gasteiger partial charge in [-0.15, -0.1) is 0 Å². The fraction of sp³-hybridized carbons (Fsp3) is 0.500. The van der Waals surface area contributed by atoms with E-state index in [9.17, 15) is 14.0 Å². The second kappa shape index (κ2) is 7.72. The zero-order valence-corrected chi connectivity index (χ0v) is 14.9. The maximum atomic E-state index is 13.1. The average molecular weight is 373 g/mol. The van der Waals surface area contributed by atoms with Crippen LogP contribution in [-0.4, -0.2) is 23.2 Å². The van der Waals surface area contributed by atoms with Crippen LogP contribution in [0.5, 0.6) is 0 Å². The Hall–Kier alpha value is -1.43. The Balaban J connectivity index is 2.40. The summed E-state index contributed by atoms with van der Waals surface area (Å²) in [7, 11) is 0. The van der Waals surface area contributed by atoms with Crippen molar-refractivity contribution in [3.05, 3.63) is 29.6 Å². The Labute approximate surface area is 139 Å². The molecule has 1 atom stereocenters. The smallest absolute Gasteiger partial charge is 0.234 e. The summed E-state index contributed by atoms with van der Waals surface area (Å²) < 4.78 is 13.1. The number of carbonyl (C=O) groups excluding carboxylic acids is 2. The molecule has 1 rings (SSSR count). The summed E-state index contributed by atoms with van der Waals surface area (Å²) in [6, 6.07) is 4.39. The van der Waals surface area contributed by atoms with Crippen molar-refractivity contribution in [3.8, 4) is 0 Å². The van der Waals surface area contributed by atoms with Crippen LogP contribution in [-0.2, 0) is 9.59 Å². The number of alkyl halides is 1. The number of rotatable bonds is 5. The van der Waals surface area contributed by atoms with Crippen molar-refractivity contribution in [2.24, 2.45) is 5.41 Å². The van der Waals surface area contributed by atoms with Crippen LogP contribution in [0.15, 0.2) is 18.2 Å². The van der Waals surface area contributed by atoms with Crippen molar-refractivity contribution in [1.82, 2.24) is 5.32 Å². The Morgan fingerprint density at radius 3 is 2.50 bits per heavy atom. The van der Waals surface area contributed by atoms with Gasteiger partial charge >= 0.3 is 0 Å². The Morgan fingerprint density at radius 2 is 1.95 bits per heavy atom. The van der Waals surface area contributed by atoms with Crippen LogP contribution in [0.25, 0.3) is 0 Å². The summed E-state index contributed by atoms with van der Waals surface area (Å²) in [6.45, 7) is 7.75. The highest BCUT2D eigenvalue weighted by Gasteiger charge is 2.28. The number of hydrogen-bond acceptors (Lipinski definition) is 2. The summed E-state index contributed by atoms with van der Waals surface area (Å²) in [5.74, 6) is -0.679. The maximum Gasteiger partial charge on any atom is 0.234 e. The summed E-state index contributed by atoms with van der Waals surface area (Å²) in [4.78, 5) is 23.4. The molecule has 0 saturated carbocycles. The lowest BCUT2D eigenvalue weighted by Crippen LogP contribution is -2.39. The van der Waals surface area contributed by atoms with Gasteiger partial charge in [0, 0.05) is 18.7 Å². The zero-order valence-electron chi connectivity index (χ0n) is 13.3. The monoisotopic (exact) mass is 372 g/mol. The molecule has 1 unspecified atom stereocenters. The van der Waals surface area contributed by atoms with Crippen LogP contribution >= 0.6 is 15.9 Å². The third kappa shape index (κ3) is 5.75. The number of amides is 2. The number of hydrogen-bond donors (Lipinski definition) is 2. The summed E-state index contributed by atoms with van der Waals surface area (Å²) in [5, 5.41) is 5.39. The predicted molar refractivity (Wildman–Crippen MR) is 89.6 cm³/mol. The molecule has 6 heteroatoms. The van der Waals surface area contributed by atoms with E-state index in [-0.39, 0.29) is 40.8 Å². The van der Waals surface area contributed by atoms with E-state index in [2.05, 4.69) is 26.6 Å². The number of aryl methyl sites for hydroxylation is 1. The molecule has 0 bridgehead atoms. The molecule has 0 heterocycles. The Kier molecular flexibility index (Phi) is 6.53. The van der Waals surface area contributed by atoms with Crippen LogP contribution < -0.4 is 10.6 Å². The second-order valence-electron chi connectivity index (χ2n) is 6.28. The van der Waals surface area contributed by atoms with Gasteiger partial charge in [0.05, 0.1) is 4.83 Å². The first-order valence-electron chi connectivity index (χ1n) is 7.09. The molecule has 0 saturated heterocycles. The molecule has 0 fully saturated rings. The van der Waals surface area contributed by atoms with Crippen molar-refractivity contribution >= 4 is 33.4 Å². The highest BCUT2D eigenvalue weighted by molar-refractivity contribution is 9.10. The minimum absolute atomic E-state index is 0.141. The highest BCUT2D eigenvalue weighted by Crippen LogP contribution is 2.25. The molecule has 0 aliphatic heterocycles. The lowest BCUT2D eigenvalue weighted by Gasteiger charge is -2.24. The number of nitrogens with one attached hydrogen (secondary N) is 2. The van der Waals surface area contributed by atoms with E-state index in [0.717, 1.165) is 0 Å². The molecule has 2 amide bonds. The number of carbonyl (C=O) groups is 2. The first kappa shape index (κ1) is 18.6. The molecule has 1 aromatic carbocycles. The van der Waals surface area contributed by atoms with Gasteiger partial charge in [-0.3, -0.25) is 9.59 Å². The third-order valence-electron chi connectivity index (χ3n) is 3.08. The van der Waals surface area contributed by atoms with Crippen molar-refractivity contribution in [2.75, 3.05) is 11.9 Å². The van der Waals surface area contributed by atoms with Crippen LogP contribution in [0.3, 0.4) is 0 Å². The minimum Gasteiger partial charge on any atom is -0.355 e. The molecule has 2 N–H and O–H groups in total. The number of anilines is 1. The third-order valence-corrected chi connectivity index (χ3v) is 4.87. The van der Waals surface area contributed by atoms with Crippen molar-refractivity contribution < 1.29 is 14.0 Å². The van der Waals surface area contributed by atoms with Crippen molar-refractivity contribution in [1.29, 1.82) is 0 Å². The van der Waals surface area contributed by atoms with E-state index in [1.165, 1.54) is 12.1 Å². The summed E-state index contributed by atoms with van der Waals surface area (Å²) >= 11 is 3.35. The van der Waals surface area contributed by atoms with E-state index in [4.69, 9.17) is 0 Å². The van der Waals surface area contributed by atoms with E-state index < -0.39 is 0 Å². The summed E-state index contributed by atoms with van der Waals surface area (Å²) in [6.07, 6.45) is 0.159. The molecule has 0 aliphatic rings. The lowest BCUT2D eigenvalue weighted by atomic mass is 9.92. The topological polar surface area (TPSA) is 58.2 Å². The molecule has 0 aromatic heterocycles. The molecular weight excluding hydrogens is 351 g/mol. The van der Waals surface area contributed by atoms with Crippen molar-refractivity contribution in [3.63, 3.8) is 0 Å². The van der Waals surface area contributed by atoms with Gasteiger partial charge < -0.3 is 10.6 Å². The van der Waals surface area contributed by atoms with E-state index >= 15 is 0 Å². The van der Waals surface area contributed by atoms with Crippen LogP contribution in [0.2, 0.25) is 0 Å². The Morgan fingerprint density at radius 1 is 1.32 bits per heavy atom. The zero-order chi connectivity index (χ0) is 16.9. The molecular formula is C16H22BrFN2O2. The average Bonchev–Trinajstić information content (AvgIpc) is 2.41. The number of benzene rings is 1. The van der Waals surface area contributed by atoms with Crippen LogP contribution in [0.4, 0.5) is 10.1 Å². The van der Waals surface area contributed by atoms with E-state index in [1.54, 1.807) is 13.0 Å².